The third-order valence-corrected chi connectivity index (χ3v) is 6.17. The van der Waals surface area contributed by atoms with Crippen molar-refractivity contribution in [3.63, 3.8) is 0 Å². The van der Waals surface area contributed by atoms with Crippen molar-refractivity contribution in [1.82, 2.24) is 9.80 Å². The zero-order valence-electron chi connectivity index (χ0n) is 20.1. The van der Waals surface area contributed by atoms with E-state index >= 15 is 0 Å². The van der Waals surface area contributed by atoms with Crippen LogP contribution >= 0.6 is 0 Å². The summed E-state index contributed by atoms with van der Waals surface area (Å²) in [6, 6.07) is 11.7. The second kappa shape index (κ2) is 10.0. The lowest BCUT2D eigenvalue weighted by molar-refractivity contribution is -0.135. The maximum absolute atomic E-state index is 13.0. The molecule has 2 aromatic carbocycles. The van der Waals surface area contributed by atoms with Crippen molar-refractivity contribution in [2.75, 3.05) is 39.9 Å². The van der Waals surface area contributed by atoms with E-state index in [0.29, 0.717) is 44.1 Å². The Kier molecular flexibility index (Phi) is 6.91. The molecule has 2 amide bonds. The number of hydrogen-bond acceptors (Lipinski definition) is 5. The summed E-state index contributed by atoms with van der Waals surface area (Å²) in [6.45, 7) is 8.06. The van der Waals surface area contributed by atoms with Crippen LogP contribution in [-0.4, -0.2) is 61.5 Å². The van der Waals surface area contributed by atoms with E-state index in [1.165, 1.54) is 0 Å². The van der Waals surface area contributed by atoms with Gasteiger partial charge in [-0.05, 0) is 31.6 Å². The first kappa shape index (κ1) is 23.4. The summed E-state index contributed by atoms with van der Waals surface area (Å²) in [7, 11) is 1.65. The predicted octanol–water partition coefficient (Wildman–Crippen LogP) is 4.60. The molecule has 0 aliphatic carbocycles. The minimum absolute atomic E-state index is 0.0412. The van der Waals surface area contributed by atoms with Gasteiger partial charge in [0, 0.05) is 67.3 Å². The lowest BCUT2D eigenvalue weighted by Crippen LogP contribution is -2.49. The van der Waals surface area contributed by atoms with Crippen LogP contribution in [0.4, 0.5) is 0 Å². The third-order valence-electron chi connectivity index (χ3n) is 6.17. The van der Waals surface area contributed by atoms with E-state index in [2.05, 4.69) is 0 Å². The van der Waals surface area contributed by atoms with E-state index in [1.807, 2.05) is 50.2 Å². The predicted molar refractivity (Wildman–Crippen MR) is 132 cm³/mol. The molecule has 34 heavy (non-hydrogen) atoms. The van der Waals surface area contributed by atoms with Crippen molar-refractivity contribution in [3.05, 3.63) is 54.3 Å². The highest BCUT2D eigenvalue weighted by Gasteiger charge is 2.22. The zero-order valence-corrected chi connectivity index (χ0v) is 20.1. The molecule has 0 atom stereocenters. The Balaban J connectivity index is 1.69. The molecule has 1 aliphatic rings. The molecule has 4 rings (SSSR count). The highest BCUT2D eigenvalue weighted by atomic mass is 16.5. The Morgan fingerprint density at radius 1 is 1.00 bits per heavy atom. The van der Waals surface area contributed by atoms with Crippen molar-refractivity contribution in [2.45, 2.75) is 20.8 Å². The first-order chi connectivity index (χ1) is 16.4. The summed E-state index contributed by atoms with van der Waals surface area (Å²) in [5, 5.41) is 0.915. The smallest absolute Gasteiger partial charge is 0.246 e. The highest BCUT2D eigenvalue weighted by Crippen LogP contribution is 2.40. The van der Waals surface area contributed by atoms with E-state index in [9.17, 15) is 9.59 Å². The second-order valence-corrected chi connectivity index (χ2v) is 8.29. The number of benzene rings is 2. The van der Waals surface area contributed by atoms with Crippen molar-refractivity contribution in [1.29, 1.82) is 0 Å². The number of hydrogen-bond donors (Lipinski definition) is 0. The number of carbonyl (C=O) groups excluding carboxylic acids is 2. The lowest BCUT2D eigenvalue weighted by Gasteiger charge is -2.33. The standard InChI is InChI=1S/C27H30N2O5/c1-5-33-25-16-26-22(23(17-34-26)20-8-6-7-9-24(20)32-4)15-21(25)18(2)14-27(31)29-12-10-28(11-13-29)19(3)30/h6-9,14-17H,5,10-13H2,1-4H3/b18-14+. The second-order valence-electron chi connectivity index (χ2n) is 8.29. The number of rotatable bonds is 6. The summed E-state index contributed by atoms with van der Waals surface area (Å²) in [5.41, 5.74) is 4.18. The van der Waals surface area contributed by atoms with E-state index in [0.717, 1.165) is 33.4 Å². The molecule has 0 bridgehead atoms. The van der Waals surface area contributed by atoms with Gasteiger partial charge in [-0.3, -0.25) is 9.59 Å². The van der Waals surface area contributed by atoms with Gasteiger partial charge in [0.25, 0.3) is 0 Å². The molecule has 0 saturated carbocycles. The lowest BCUT2D eigenvalue weighted by atomic mass is 9.98. The maximum Gasteiger partial charge on any atom is 0.246 e. The van der Waals surface area contributed by atoms with Crippen LogP contribution in [0.25, 0.3) is 27.7 Å². The number of piperazine rings is 1. The molecular weight excluding hydrogens is 432 g/mol. The fourth-order valence-corrected chi connectivity index (χ4v) is 4.31. The van der Waals surface area contributed by atoms with Gasteiger partial charge in [0.15, 0.2) is 0 Å². The molecule has 1 aliphatic heterocycles. The molecule has 2 heterocycles. The summed E-state index contributed by atoms with van der Waals surface area (Å²) >= 11 is 0. The Bertz CT molecular complexity index is 1240. The molecule has 3 aromatic rings. The average molecular weight is 463 g/mol. The number of allylic oxidation sites excluding steroid dienone is 1. The average Bonchev–Trinajstić information content (AvgIpc) is 3.26. The quantitative estimate of drug-likeness (QED) is 0.501. The van der Waals surface area contributed by atoms with Crippen molar-refractivity contribution in [3.8, 4) is 22.6 Å². The van der Waals surface area contributed by atoms with Crippen LogP contribution in [0.2, 0.25) is 0 Å². The van der Waals surface area contributed by atoms with Crippen LogP contribution in [0.5, 0.6) is 11.5 Å². The third kappa shape index (κ3) is 4.64. The molecule has 0 N–H and O–H groups in total. The van der Waals surface area contributed by atoms with Gasteiger partial charge in [0.1, 0.15) is 17.1 Å². The molecule has 7 heteroatoms. The molecule has 0 spiro atoms. The first-order valence-electron chi connectivity index (χ1n) is 11.5. The Morgan fingerprint density at radius 2 is 1.71 bits per heavy atom. The molecule has 0 radical (unpaired) electrons. The summed E-state index contributed by atoms with van der Waals surface area (Å²) in [5.74, 6) is 1.39. The van der Waals surface area contributed by atoms with Crippen molar-refractivity contribution >= 4 is 28.4 Å². The van der Waals surface area contributed by atoms with Crippen molar-refractivity contribution < 1.29 is 23.5 Å². The van der Waals surface area contributed by atoms with Crippen LogP contribution < -0.4 is 9.47 Å². The maximum atomic E-state index is 13.0. The normalized spacial score (nSPS) is 14.4. The molecule has 7 nitrogen and oxygen atoms in total. The minimum Gasteiger partial charge on any atom is -0.496 e. The van der Waals surface area contributed by atoms with Gasteiger partial charge >= 0.3 is 0 Å². The molecule has 178 valence electrons. The van der Waals surface area contributed by atoms with Crippen LogP contribution in [-0.2, 0) is 9.59 Å². The largest absolute Gasteiger partial charge is 0.496 e. The molecule has 1 saturated heterocycles. The van der Waals surface area contributed by atoms with Crippen LogP contribution in [0.1, 0.15) is 26.3 Å². The summed E-state index contributed by atoms with van der Waals surface area (Å²) in [4.78, 5) is 28.1. The first-order valence-corrected chi connectivity index (χ1v) is 11.5. The SMILES string of the molecule is CCOc1cc2occ(-c3ccccc3OC)c2cc1/C(C)=C/C(=O)N1CCN(C(C)=O)CC1. The van der Waals surface area contributed by atoms with Gasteiger partial charge < -0.3 is 23.7 Å². The fraction of sp³-hybridized carbons (Fsp3) is 0.333. The highest BCUT2D eigenvalue weighted by molar-refractivity contribution is 6.01. The number of carbonyl (C=O) groups is 2. The molecule has 1 fully saturated rings. The van der Waals surface area contributed by atoms with E-state index in [1.54, 1.807) is 36.2 Å². The van der Waals surface area contributed by atoms with Gasteiger partial charge in [-0.25, -0.2) is 0 Å². The van der Waals surface area contributed by atoms with Crippen LogP contribution in [0.3, 0.4) is 0 Å². The number of amides is 2. The van der Waals surface area contributed by atoms with Gasteiger partial charge in [-0.2, -0.15) is 0 Å². The monoisotopic (exact) mass is 462 g/mol. The van der Waals surface area contributed by atoms with Crippen LogP contribution in [0.15, 0.2) is 53.2 Å². The number of methoxy groups -OCH3 is 1. The number of ether oxygens (including phenoxy) is 2. The number of fused-ring (bicyclic) bond motifs is 1. The van der Waals surface area contributed by atoms with E-state index < -0.39 is 0 Å². The minimum atomic E-state index is -0.0691. The van der Waals surface area contributed by atoms with Crippen LogP contribution in [0, 0.1) is 0 Å². The number of furan rings is 1. The summed E-state index contributed by atoms with van der Waals surface area (Å²) < 4.78 is 17.3. The fourth-order valence-electron chi connectivity index (χ4n) is 4.31. The summed E-state index contributed by atoms with van der Waals surface area (Å²) in [6.07, 6.45) is 3.37. The molecular formula is C27H30N2O5. The van der Waals surface area contributed by atoms with E-state index in [-0.39, 0.29) is 11.8 Å². The van der Waals surface area contributed by atoms with E-state index in [4.69, 9.17) is 13.9 Å². The molecule has 1 aromatic heterocycles. The molecule has 0 unspecified atom stereocenters. The van der Waals surface area contributed by atoms with Gasteiger partial charge in [0.05, 0.1) is 20.0 Å². The Labute approximate surface area is 199 Å². The zero-order chi connectivity index (χ0) is 24.2. The van der Waals surface area contributed by atoms with Gasteiger partial charge in [0.2, 0.25) is 11.8 Å². The number of nitrogens with zero attached hydrogens (tertiary/aromatic N) is 2. The topological polar surface area (TPSA) is 72.2 Å². The van der Waals surface area contributed by atoms with Gasteiger partial charge in [-0.15, -0.1) is 0 Å². The van der Waals surface area contributed by atoms with Gasteiger partial charge in [-0.1, -0.05) is 18.2 Å². The Morgan fingerprint density at radius 3 is 2.38 bits per heavy atom. The van der Waals surface area contributed by atoms with Crippen molar-refractivity contribution in [2.24, 2.45) is 0 Å². The number of para-hydroxylation sites is 1. The Hall–Kier alpha value is -3.74.